The van der Waals surface area contributed by atoms with E-state index in [1.54, 1.807) is 18.2 Å². The van der Waals surface area contributed by atoms with Crippen LogP contribution in [0.15, 0.2) is 40.9 Å². The molecule has 0 atom stereocenters. The largest absolute Gasteiger partial charge is 0.381 e. The number of rotatable bonds is 4. The number of benzene rings is 2. The maximum atomic E-state index is 10.7. The van der Waals surface area contributed by atoms with Crippen LogP contribution < -0.4 is 5.32 Å². The van der Waals surface area contributed by atoms with Crippen molar-refractivity contribution in [3.05, 3.63) is 66.6 Å². The first-order valence-corrected chi connectivity index (χ1v) is 7.14. The topological polar surface area (TPSA) is 55.2 Å². The van der Waals surface area contributed by atoms with Crippen molar-refractivity contribution in [2.45, 2.75) is 6.54 Å². The second-order valence-electron chi connectivity index (χ2n) is 4.01. The molecule has 0 heterocycles. The van der Waals surface area contributed by atoms with Crippen LogP contribution in [0.5, 0.6) is 0 Å². The molecule has 0 aromatic heterocycles. The number of nitrogens with one attached hydrogen (secondary N) is 1. The first-order chi connectivity index (χ1) is 9.47. The van der Waals surface area contributed by atoms with Crippen LogP contribution in [0.2, 0.25) is 10.0 Å². The van der Waals surface area contributed by atoms with Gasteiger partial charge in [-0.25, -0.2) is 0 Å². The Labute approximate surface area is 134 Å². The lowest BCUT2D eigenvalue weighted by Crippen LogP contribution is -2.00. The zero-order valence-corrected chi connectivity index (χ0v) is 13.2. The van der Waals surface area contributed by atoms with Gasteiger partial charge in [-0.15, -0.1) is 0 Å². The Morgan fingerprint density at radius 2 is 1.95 bits per heavy atom. The average Bonchev–Trinajstić information content (AvgIpc) is 2.37. The van der Waals surface area contributed by atoms with E-state index in [1.165, 1.54) is 12.1 Å². The molecule has 4 nitrogen and oxygen atoms in total. The monoisotopic (exact) mass is 374 g/mol. The Kier molecular flexibility index (Phi) is 4.86. The van der Waals surface area contributed by atoms with Gasteiger partial charge in [0.05, 0.1) is 4.92 Å². The minimum absolute atomic E-state index is 0.107. The molecule has 0 fully saturated rings. The van der Waals surface area contributed by atoms with E-state index in [2.05, 4.69) is 21.2 Å². The molecule has 0 radical (unpaired) electrons. The summed E-state index contributed by atoms with van der Waals surface area (Å²) in [4.78, 5) is 10.2. The number of hydrogen-bond acceptors (Lipinski definition) is 3. The van der Waals surface area contributed by atoms with E-state index in [0.717, 1.165) is 10.0 Å². The van der Waals surface area contributed by atoms with Gasteiger partial charge in [-0.1, -0.05) is 45.2 Å². The molecule has 0 aliphatic heterocycles. The van der Waals surface area contributed by atoms with E-state index in [-0.39, 0.29) is 10.7 Å². The van der Waals surface area contributed by atoms with Gasteiger partial charge in [0.25, 0.3) is 5.69 Å². The van der Waals surface area contributed by atoms with Gasteiger partial charge in [0, 0.05) is 27.8 Å². The third-order valence-electron chi connectivity index (χ3n) is 2.64. The SMILES string of the molecule is O=[N+]([O-])c1ccc(NCc2ccc(Cl)cc2Br)cc1Cl. The molecular formula is C13H9BrCl2N2O2. The molecule has 0 aliphatic carbocycles. The maximum absolute atomic E-state index is 10.7. The second kappa shape index (κ2) is 6.43. The molecule has 7 heteroatoms. The van der Waals surface area contributed by atoms with E-state index in [4.69, 9.17) is 23.2 Å². The van der Waals surface area contributed by atoms with Crippen molar-refractivity contribution in [3.63, 3.8) is 0 Å². The van der Waals surface area contributed by atoms with Crippen LogP contribution >= 0.6 is 39.1 Å². The van der Waals surface area contributed by atoms with Crippen LogP contribution in [0.25, 0.3) is 0 Å². The van der Waals surface area contributed by atoms with Crippen molar-refractivity contribution in [3.8, 4) is 0 Å². The number of nitrogens with zero attached hydrogens (tertiary/aromatic N) is 1. The summed E-state index contributed by atoms with van der Waals surface area (Å²) in [6.45, 7) is 0.548. The molecule has 0 amide bonds. The van der Waals surface area contributed by atoms with Gasteiger partial charge < -0.3 is 5.32 Å². The van der Waals surface area contributed by atoms with Crippen molar-refractivity contribution in [1.29, 1.82) is 0 Å². The van der Waals surface area contributed by atoms with Gasteiger partial charge in [-0.05, 0) is 29.8 Å². The highest BCUT2D eigenvalue weighted by Gasteiger charge is 2.12. The molecule has 104 valence electrons. The van der Waals surface area contributed by atoms with E-state index < -0.39 is 4.92 Å². The Bertz CT molecular complexity index is 665. The minimum atomic E-state index is -0.512. The van der Waals surface area contributed by atoms with Gasteiger partial charge in [0.15, 0.2) is 0 Å². The minimum Gasteiger partial charge on any atom is -0.381 e. The van der Waals surface area contributed by atoms with Crippen molar-refractivity contribution in [2.24, 2.45) is 0 Å². The lowest BCUT2D eigenvalue weighted by atomic mass is 10.2. The predicted molar refractivity (Wildman–Crippen MR) is 84.6 cm³/mol. The lowest BCUT2D eigenvalue weighted by molar-refractivity contribution is -0.384. The molecule has 0 saturated heterocycles. The summed E-state index contributed by atoms with van der Waals surface area (Å²) in [5, 5.41) is 14.6. The van der Waals surface area contributed by atoms with Crippen LogP contribution in [0.3, 0.4) is 0 Å². The first-order valence-electron chi connectivity index (χ1n) is 5.59. The van der Waals surface area contributed by atoms with E-state index >= 15 is 0 Å². The van der Waals surface area contributed by atoms with E-state index in [9.17, 15) is 10.1 Å². The fourth-order valence-corrected chi connectivity index (χ4v) is 2.70. The molecule has 0 aliphatic rings. The molecule has 0 spiro atoms. The molecule has 20 heavy (non-hydrogen) atoms. The third-order valence-corrected chi connectivity index (χ3v) is 3.92. The summed E-state index contributed by atoms with van der Waals surface area (Å²) in [5.74, 6) is 0. The standard InChI is InChI=1S/C13H9BrCl2N2O2/c14-11-5-9(15)2-1-8(11)7-17-10-3-4-13(18(19)20)12(16)6-10/h1-6,17H,7H2. The van der Waals surface area contributed by atoms with Crippen LogP contribution in [-0.4, -0.2) is 4.92 Å². The molecule has 2 rings (SSSR count). The van der Waals surface area contributed by atoms with Crippen LogP contribution in [0.1, 0.15) is 5.56 Å². The quantitative estimate of drug-likeness (QED) is 0.584. The van der Waals surface area contributed by atoms with Gasteiger partial charge in [0.1, 0.15) is 5.02 Å². The summed E-state index contributed by atoms with van der Waals surface area (Å²) >= 11 is 15.1. The number of halogens is 3. The summed E-state index contributed by atoms with van der Waals surface area (Å²) in [6, 6.07) is 10.0. The summed E-state index contributed by atoms with van der Waals surface area (Å²) < 4.78 is 0.894. The molecule has 0 unspecified atom stereocenters. The molecule has 1 N–H and O–H groups in total. The highest BCUT2D eigenvalue weighted by atomic mass is 79.9. The smallest absolute Gasteiger partial charge is 0.288 e. The maximum Gasteiger partial charge on any atom is 0.288 e. The predicted octanol–water partition coefficient (Wildman–Crippen LogP) is 5.28. The molecule has 2 aromatic rings. The summed E-state index contributed by atoms with van der Waals surface area (Å²) in [6.07, 6.45) is 0. The Hall–Kier alpha value is -1.30. The summed E-state index contributed by atoms with van der Waals surface area (Å²) in [5.41, 5.74) is 1.62. The van der Waals surface area contributed by atoms with Crippen molar-refractivity contribution in [2.75, 3.05) is 5.32 Å². The summed E-state index contributed by atoms with van der Waals surface area (Å²) in [7, 11) is 0. The van der Waals surface area contributed by atoms with Crippen molar-refractivity contribution >= 4 is 50.5 Å². The van der Waals surface area contributed by atoms with Crippen LogP contribution in [-0.2, 0) is 6.54 Å². The molecular weight excluding hydrogens is 367 g/mol. The van der Waals surface area contributed by atoms with Gasteiger partial charge in [-0.2, -0.15) is 0 Å². The van der Waals surface area contributed by atoms with Crippen molar-refractivity contribution in [1.82, 2.24) is 0 Å². The third kappa shape index (κ3) is 3.62. The molecule has 0 bridgehead atoms. The van der Waals surface area contributed by atoms with E-state index in [1.807, 2.05) is 6.07 Å². The Morgan fingerprint density at radius 3 is 2.55 bits per heavy atom. The first kappa shape index (κ1) is 15.1. The van der Waals surface area contributed by atoms with E-state index in [0.29, 0.717) is 17.3 Å². The van der Waals surface area contributed by atoms with Crippen LogP contribution in [0.4, 0.5) is 11.4 Å². The van der Waals surface area contributed by atoms with Gasteiger partial charge in [-0.3, -0.25) is 10.1 Å². The number of nitro groups is 1. The van der Waals surface area contributed by atoms with Crippen LogP contribution in [0, 0.1) is 10.1 Å². The normalized spacial score (nSPS) is 10.3. The Balaban J connectivity index is 2.11. The average molecular weight is 376 g/mol. The highest BCUT2D eigenvalue weighted by molar-refractivity contribution is 9.10. The zero-order valence-electron chi connectivity index (χ0n) is 10.1. The molecule has 0 saturated carbocycles. The zero-order chi connectivity index (χ0) is 14.7. The van der Waals surface area contributed by atoms with Gasteiger partial charge in [0.2, 0.25) is 0 Å². The Morgan fingerprint density at radius 1 is 1.20 bits per heavy atom. The highest BCUT2D eigenvalue weighted by Crippen LogP contribution is 2.28. The second-order valence-corrected chi connectivity index (χ2v) is 5.71. The number of nitro benzene ring substituents is 1. The number of anilines is 1. The number of hydrogen-bond donors (Lipinski definition) is 1. The fourth-order valence-electron chi connectivity index (χ4n) is 1.63. The fraction of sp³-hybridized carbons (Fsp3) is 0.0769. The molecule has 2 aromatic carbocycles. The lowest BCUT2D eigenvalue weighted by Gasteiger charge is -2.09. The van der Waals surface area contributed by atoms with Crippen molar-refractivity contribution < 1.29 is 4.92 Å². The van der Waals surface area contributed by atoms with Gasteiger partial charge >= 0.3 is 0 Å².